The lowest BCUT2D eigenvalue weighted by Gasteiger charge is -2.02. The second kappa shape index (κ2) is 5.87. The quantitative estimate of drug-likeness (QED) is 0.486. The van der Waals surface area contributed by atoms with Crippen LogP contribution in [-0.2, 0) is 0 Å². The molecule has 20 heavy (non-hydrogen) atoms. The molecule has 0 aliphatic heterocycles. The average molecular weight is 338 g/mol. The number of benzene rings is 1. The highest BCUT2D eigenvalue weighted by molar-refractivity contribution is 9.10. The number of hydrogen-bond donors (Lipinski definition) is 0. The van der Waals surface area contributed by atoms with Crippen LogP contribution in [-0.4, -0.2) is 30.2 Å². The van der Waals surface area contributed by atoms with E-state index in [1.807, 2.05) is 14.1 Å². The molecule has 0 radical (unpaired) electrons. The van der Waals surface area contributed by atoms with Gasteiger partial charge in [-0.25, -0.2) is 0 Å². The summed E-state index contributed by atoms with van der Waals surface area (Å²) in [4.78, 5) is 10.3. The van der Waals surface area contributed by atoms with Gasteiger partial charge in [0.15, 0.2) is 0 Å². The first-order chi connectivity index (χ1) is 9.47. The third-order valence-electron chi connectivity index (χ3n) is 2.47. The number of hydrazone groups is 1. The van der Waals surface area contributed by atoms with Crippen LogP contribution < -0.4 is 0 Å². The first kappa shape index (κ1) is 14.3. The predicted octanol–water partition coefficient (Wildman–Crippen LogP) is 3.51. The highest BCUT2D eigenvalue weighted by Crippen LogP contribution is 2.32. The van der Waals surface area contributed by atoms with E-state index >= 15 is 0 Å². The van der Waals surface area contributed by atoms with Gasteiger partial charge in [-0.2, -0.15) is 5.10 Å². The van der Waals surface area contributed by atoms with Crippen LogP contribution in [0.4, 0.5) is 5.69 Å². The van der Waals surface area contributed by atoms with E-state index in [4.69, 9.17) is 4.42 Å². The van der Waals surface area contributed by atoms with E-state index in [-0.39, 0.29) is 5.69 Å². The number of halogens is 1. The minimum absolute atomic E-state index is 0.0292. The van der Waals surface area contributed by atoms with E-state index in [2.05, 4.69) is 21.0 Å². The number of non-ortho nitro benzene ring substituents is 1. The van der Waals surface area contributed by atoms with Crippen LogP contribution in [0.2, 0.25) is 0 Å². The molecule has 1 aromatic heterocycles. The normalized spacial score (nSPS) is 10.9. The molecule has 0 atom stereocenters. The Labute approximate surface area is 124 Å². The third kappa shape index (κ3) is 3.24. The number of nitro groups is 1. The van der Waals surface area contributed by atoms with Crippen molar-refractivity contribution in [2.45, 2.75) is 0 Å². The van der Waals surface area contributed by atoms with E-state index in [9.17, 15) is 10.1 Å². The first-order valence-corrected chi connectivity index (χ1v) is 6.52. The molecule has 0 saturated heterocycles. The van der Waals surface area contributed by atoms with Gasteiger partial charge < -0.3 is 9.43 Å². The van der Waals surface area contributed by atoms with Gasteiger partial charge in [-0.3, -0.25) is 10.1 Å². The summed E-state index contributed by atoms with van der Waals surface area (Å²) in [5, 5.41) is 16.4. The van der Waals surface area contributed by atoms with Crippen LogP contribution in [0.1, 0.15) is 5.76 Å². The molecule has 0 aliphatic carbocycles. The van der Waals surface area contributed by atoms with Crippen molar-refractivity contribution in [1.29, 1.82) is 0 Å². The van der Waals surface area contributed by atoms with Gasteiger partial charge in [0.25, 0.3) is 5.69 Å². The number of hydrogen-bond acceptors (Lipinski definition) is 5. The zero-order valence-electron chi connectivity index (χ0n) is 10.9. The van der Waals surface area contributed by atoms with Gasteiger partial charge >= 0.3 is 0 Å². The zero-order chi connectivity index (χ0) is 14.7. The standard InChI is InChI=1S/C13H12BrN3O3/c1-16(2)15-8-10-4-6-13(20-10)11-5-3-9(17(18)19)7-12(11)14/h3-8H,1-2H3. The lowest BCUT2D eigenvalue weighted by Crippen LogP contribution is -2.01. The Morgan fingerprint density at radius 3 is 2.70 bits per heavy atom. The summed E-state index contributed by atoms with van der Waals surface area (Å²) in [7, 11) is 3.63. The molecular formula is C13H12BrN3O3. The van der Waals surface area contributed by atoms with Crippen LogP contribution >= 0.6 is 15.9 Å². The molecule has 0 unspecified atom stereocenters. The molecule has 7 heteroatoms. The van der Waals surface area contributed by atoms with E-state index in [0.29, 0.717) is 16.0 Å². The van der Waals surface area contributed by atoms with Crippen molar-refractivity contribution in [3.63, 3.8) is 0 Å². The van der Waals surface area contributed by atoms with Crippen molar-refractivity contribution in [2.24, 2.45) is 5.10 Å². The van der Waals surface area contributed by atoms with Crippen LogP contribution in [0.3, 0.4) is 0 Å². The fraction of sp³-hybridized carbons (Fsp3) is 0.154. The Hall–Kier alpha value is -2.15. The summed E-state index contributed by atoms with van der Waals surface area (Å²) >= 11 is 3.32. The Morgan fingerprint density at radius 1 is 1.35 bits per heavy atom. The summed E-state index contributed by atoms with van der Waals surface area (Å²) in [5.41, 5.74) is 0.779. The van der Waals surface area contributed by atoms with Crippen molar-refractivity contribution in [3.8, 4) is 11.3 Å². The van der Waals surface area contributed by atoms with Gasteiger partial charge in [-0.1, -0.05) is 0 Å². The smallest absolute Gasteiger partial charge is 0.270 e. The van der Waals surface area contributed by atoms with Gasteiger partial charge in [0.1, 0.15) is 11.5 Å². The summed E-state index contributed by atoms with van der Waals surface area (Å²) in [5.74, 6) is 1.23. The minimum Gasteiger partial charge on any atom is -0.455 e. The van der Waals surface area contributed by atoms with E-state index < -0.39 is 4.92 Å². The number of furan rings is 1. The fourth-order valence-electron chi connectivity index (χ4n) is 1.56. The maximum absolute atomic E-state index is 10.7. The Morgan fingerprint density at radius 2 is 2.10 bits per heavy atom. The summed E-state index contributed by atoms with van der Waals surface area (Å²) in [6.45, 7) is 0. The molecule has 1 heterocycles. The second-order valence-corrected chi connectivity index (χ2v) is 5.07. The molecule has 0 amide bonds. The van der Waals surface area contributed by atoms with Crippen molar-refractivity contribution < 1.29 is 9.34 Å². The van der Waals surface area contributed by atoms with Crippen molar-refractivity contribution in [3.05, 3.63) is 50.7 Å². The van der Waals surface area contributed by atoms with Crippen LogP contribution in [0.25, 0.3) is 11.3 Å². The molecule has 104 valence electrons. The molecule has 1 aromatic carbocycles. The molecule has 0 saturated carbocycles. The zero-order valence-corrected chi connectivity index (χ0v) is 12.5. The fourth-order valence-corrected chi connectivity index (χ4v) is 2.12. The van der Waals surface area contributed by atoms with Crippen LogP contribution in [0.5, 0.6) is 0 Å². The van der Waals surface area contributed by atoms with Gasteiger partial charge in [-0.05, 0) is 34.1 Å². The molecule has 6 nitrogen and oxygen atoms in total. The highest BCUT2D eigenvalue weighted by atomic mass is 79.9. The van der Waals surface area contributed by atoms with Crippen molar-refractivity contribution >= 4 is 27.8 Å². The van der Waals surface area contributed by atoms with Crippen LogP contribution in [0, 0.1) is 10.1 Å². The number of nitrogens with zero attached hydrogens (tertiary/aromatic N) is 3. The van der Waals surface area contributed by atoms with Gasteiger partial charge in [0.05, 0.1) is 11.1 Å². The van der Waals surface area contributed by atoms with Gasteiger partial charge in [-0.15, -0.1) is 0 Å². The monoisotopic (exact) mass is 337 g/mol. The Balaban J connectivity index is 2.30. The van der Waals surface area contributed by atoms with Gasteiger partial charge in [0, 0.05) is 36.3 Å². The molecule has 0 fully saturated rings. The van der Waals surface area contributed by atoms with E-state index in [1.165, 1.54) is 12.1 Å². The lowest BCUT2D eigenvalue weighted by molar-refractivity contribution is -0.384. The second-order valence-electron chi connectivity index (χ2n) is 4.22. The van der Waals surface area contributed by atoms with E-state index in [1.54, 1.807) is 29.4 Å². The molecular weight excluding hydrogens is 326 g/mol. The lowest BCUT2D eigenvalue weighted by atomic mass is 10.1. The average Bonchev–Trinajstić information content (AvgIpc) is 2.84. The first-order valence-electron chi connectivity index (χ1n) is 5.73. The molecule has 2 rings (SSSR count). The topological polar surface area (TPSA) is 71.9 Å². The Bertz CT molecular complexity index is 665. The summed E-state index contributed by atoms with van der Waals surface area (Å²) in [6, 6.07) is 8.12. The molecule has 0 bridgehead atoms. The summed E-state index contributed by atoms with van der Waals surface area (Å²) in [6.07, 6.45) is 1.60. The largest absolute Gasteiger partial charge is 0.455 e. The van der Waals surface area contributed by atoms with Gasteiger partial charge in [0.2, 0.25) is 0 Å². The van der Waals surface area contributed by atoms with E-state index in [0.717, 1.165) is 5.56 Å². The molecule has 2 aromatic rings. The Kier molecular flexibility index (Phi) is 4.19. The summed E-state index contributed by atoms with van der Waals surface area (Å²) < 4.78 is 6.23. The SMILES string of the molecule is CN(C)N=Cc1ccc(-c2ccc([N+](=O)[O-])cc2Br)o1. The number of rotatable bonds is 4. The number of nitro benzene ring substituents is 1. The minimum atomic E-state index is -0.439. The molecule has 0 N–H and O–H groups in total. The maximum atomic E-state index is 10.7. The van der Waals surface area contributed by atoms with Crippen molar-refractivity contribution in [2.75, 3.05) is 14.1 Å². The molecule has 0 spiro atoms. The third-order valence-corrected chi connectivity index (χ3v) is 3.13. The van der Waals surface area contributed by atoms with Crippen LogP contribution in [0.15, 0.2) is 44.3 Å². The molecule has 0 aliphatic rings. The predicted molar refractivity (Wildman–Crippen MR) is 79.8 cm³/mol. The maximum Gasteiger partial charge on any atom is 0.270 e. The van der Waals surface area contributed by atoms with Crippen molar-refractivity contribution in [1.82, 2.24) is 5.01 Å². The highest BCUT2D eigenvalue weighted by Gasteiger charge is 2.12.